The second-order valence-corrected chi connectivity index (χ2v) is 10.5. The van der Waals surface area contributed by atoms with Crippen molar-refractivity contribution in [1.29, 1.82) is 0 Å². The maximum Gasteiger partial charge on any atom is 0.285 e. The smallest absolute Gasteiger partial charge is 0.285 e. The van der Waals surface area contributed by atoms with Gasteiger partial charge in [-0.2, -0.15) is 4.99 Å². The summed E-state index contributed by atoms with van der Waals surface area (Å²) in [5.74, 6) is 1.45. The molecule has 0 aromatic heterocycles. The number of para-hydroxylation sites is 1. The van der Waals surface area contributed by atoms with Crippen LogP contribution in [0.1, 0.15) is 0 Å². The van der Waals surface area contributed by atoms with Gasteiger partial charge in [-0.15, -0.1) is 0 Å². The lowest BCUT2D eigenvalue weighted by Crippen LogP contribution is -2.37. The minimum atomic E-state index is -3.14. The van der Waals surface area contributed by atoms with Gasteiger partial charge < -0.3 is 19.1 Å². The van der Waals surface area contributed by atoms with Crippen LogP contribution < -0.4 is 19.1 Å². The number of carbonyl (C=O) groups is 1. The van der Waals surface area contributed by atoms with E-state index >= 15 is 0 Å². The Kier molecular flexibility index (Phi) is 4.82. The molecule has 2 fully saturated rings. The Balaban J connectivity index is 1.41. The number of amidine groups is 1. The number of sulfone groups is 1. The maximum absolute atomic E-state index is 12.5. The number of hydrogen-bond donors (Lipinski definition) is 0. The summed E-state index contributed by atoms with van der Waals surface area (Å²) in [7, 11) is -3.14. The number of amides is 1. The van der Waals surface area contributed by atoms with Gasteiger partial charge in [0, 0.05) is 17.0 Å². The molecule has 0 radical (unpaired) electrons. The van der Waals surface area contributed by atoms with E-state index in [1.807, 2.05) is 29.2 Å². The largest absolute Gasteiger partial charge is 0.484 e. The molecule has 5 rings (SSSR count). The van der Waals surface area contributed by atoms with Gasteiger partial charge in [0.15, 0.2) is 33.1 Å². The third-order valence-corrected chi connectivity index (χ3v) is 8.24. The van der Waals surface area contributed by atoms with Gasteiger partial charge >= 0.3 is 0 Å². The van der Waals surface area contributed by atoms with Crippen LogP contribution in [0.15, 0.2) is 53.5 Å². The minimum absolute atomic E-state index is 0.0207. The van der Waals surface area contributed by atoms with E-state index in [1.165, 1.54) is 11.8 Å². The second kappa shape index (κ2) is 7.51. The molecule has 2 aromatic carbocycles. The number of anilines is 1. The zero-order valence-electron chi connectivity index (χ0n) is 15.8. The molecule has 0 aliphatic carbocycles. The Morgan fingerprint density at radius 3 is 2.77 bits per heavy atom. The first kappa shape index (κ1) is 19.3. The van der Waals surface area contributed by atoms with Gasteiger partial charge in [0.05, 0.1) is 17.5 Å². The van der Waals surface area contributed by atoms with Crippen molar-refractivity contribution in [2.75, 3.05) is 29.8 Å². The molecule has 0 N–H and O–H groups in total. The number of ether oxygens (including phenoxy) is 3. The van der Waals surface area contributed by atoms with Gasteiger partial charge in [-0.05, 0) is 24.3 Å². The van der Waals surface area contributed by atoms with Crippen LogP contribution in [0.3, 0.4) is 0 Å². The first-order valence-corrected chi connectivity index (χ1v) is 12.0. The topological polar surface area (TPSA) is 94.5 Å². The van der Waals surface area contributed by atoms with E-state index in [0.29, 0.717) is 28.1 Å². The highest BCUT2D eigenvalue weighted by Gasteiger charge is 2.49. The summed E-state index contributed by atoms with van der Waals surface area (Å²) in [6.07, 6.45) is 0. The van der Waals surface area contributed by atoms with Gasteiger partial charge in [0.25, 0.3) is 5.91 Å². The van der Waals surface area contributed by atoms with E-state index in [2.05, 4.69) is 4.99 Å². The Morgan fingerprint density at radius 2 is 1.93 bits per heavy atom. The van der Waals surface area contributed by atoms with E-state index in [0.717, 1.165) is 0 Å². The number of nitrogens with zero attached hydrogens (tertiary/aromatic N) is 2. The Morgan fingerprint density at radius 1 is 1.13 bits per heavy atom. The predicted molar refractivity (Wildman–Crippen MR) is 113 cm³/mol. The lowest BCUT2D eigenvalue weighted by molar-refractivity contribution is -0.119. The third-order valence-electron chi connectivity index (χ3n) is 5.03. The van der Waals surface area contributed by atoms with Crippen molar-refractivity contribution in [2.45, 2.75) is 11.3 Å². The van der Waals surface area contributed by atoms with Crippen molar-refractivity contribution in [2.24, 2.45) is 4.99 Å². The standard InChI is InChI=1S/C20H18N2O6S2/c23-19(9-26-14-4-2-1-3-5-14)21-20-22(15-10-30(24,25)11-18(15)29-20)13-6-7-16-17(8-13)28-12-27-16/h1-8,15,18H,9-12H2/t15-,18+/m0/s1. The highest BCUT2D eigenvalue weighted by Crippen LogP contribution is 2.43. The SMILES string of the molecule is O=C(COc1ccccc1)N=C1S[C@@H]2CS(=O)(=O)C[C@@H]2N1c1ccc2c(c1)OCO2. The van der Waals surface area contributed by atoms with Crippen LogP contribution >= 0.6 is 11.8 Å². The molecule has 3 aliphatic heterocycles. The molecule has 1 amide bonds. The highest BCUT2D eigenvalue weighted by molar-refractivity contribution is 8.16. The molecular weight excluding hydrogens is 428 g/mol. The Hall–Kier alpha value is -2.72. The molecule has 8 nitrogen and oxygen atoms in total. The molecule has 10 heteroatoms. The van der Waals surface area contributed by atoms with E-state index < -0.39 is 15.7 Å². The monoisotopic (exact) mass is 446 g/mol. The number of thioether (sulfide) groups is 1. The molecule has 30 heavy (non-hydrogen) atoms. The normalized spacial score (nSPS) is 24.8. The zero-order valence-corrected chi connectivity index (χ0v) is 17.4. The van der Waals surface area contributed by atoms with Crippen LogP contribution in [0.25, 0.3) is 0 Å². The third kappa shape index (κ3) is 3.72. The highest BCUT2D eigenvalue weighted by atomic mass is 32.2. The summed E-state index contributed by atoms with van der Waals surface area (Å²) in [6, 6.07) is 14.1. The number of aliphatic imine (C=N–C) groups is 1. The average Bonchev–Trinajstić information content (AvgIpc) is 3.38. The van der Waals surface area contributed by atoms with Crippen LogP contribution in [0.4, 0.5) is 5.69 Å². The molecule has 2 atom stereocenters. The van der Waals surface area contributed by atoms with Crippen molar-refractivity contribution < 1.29 is 27.4 Å². The molecule has 3 heterocycles. The molecule has 3 aliphatic rings. The summed E-state index contributed by atoms with van der Waals surface area (Å²) in [4.78, 5) is 18.5. The zero-order chi connectivity index (χ0) is 20.7. The van der Waals surface area contributed by atoms with Gasteiger partial charge in [-0.25, -0.2) is 8.42 Å². The molecule has 0 unspecified atom stereocenters. The molecule has 0 bridgehead atoms. The first-order chi connectivity index (χ1) is 14.5. The van der Waals surface area contributed by atoms with Crippen molar-refractivity contribution in [3.63, 3.8) is 0 Å². The Labute approximate surface area is 177 Å². The fourth-order valence-electron chi connectivity index (χ4n) is 3.70. The molecular formula is C20H18N2O6S2. The van der Waals surface area contributed by atoms with Crippen LogP contribution in [-0.4, -0.2) is 55.7 Å². The van der Waals surface area contributed by atoms with Gasteiger partial charge in [-0.1, -0.05) is 30.0 Å². The number of hydrogen-bond acceptors (Lipinski definition) is 7. The fourth-order valence-corrected chi connectivity index (χ4v) is 7.63. The first-order valence-electron chi connectivity index (χ1n) is 9.34. The fraction of sp³-hybridized carbons (Fsp3) is 0.300. The summed E-state index contributed by atoms with van der Waals surface area (Å²) >= 11 is 1.32. The predicted octanol–water partition coefficient (Wildman–Crippen LogP) is 2.10. The van der Waals surface area contributed by atoms with Crippen LogP contribution in [0, 0.1) is 0 Å². The minimum Gasteiger partial charge on any atom is -0.484 e. The van der Waals surface area contributed by atoms with Crippen LogP contribution in [-0.2, 0) is 14.6 Å². The molecule has 2 aromatic rings. The number of fused-ring (bicyclic) bond motifs is 2. The van der Waals surface area contributed by atoms with Gasteiger partial charge in [-0.3, -0.25) is 4.79 Å². The summed E-state index contributed by atoms with van der Waals surface area (Å²) in [5, 5.41) is 0.294. The van der Waals surface area contributed by atoms with Crippen LogP contribution in [0.5, 0.6) is 17.2 Å². The summed E-state index contributed by atoms with van der Waals surface area (Å²) in [5.41, 5.74) is 0.715. The quantitative estimate of drug-likeness (QED) is 0.705. The van der Waals surface area contributed by atoms with Gasteiger partial charge in [0.1, 0.15) is 5.75 Å². The summed E-state index contributed by atoms with van der Waals surface area (Å²) in [6.45, 7) is -0.0547. The molecule has 2 saturated heterocycles. The molecule has 0 saturated carbocycles. The van der Waals surface area contributed by atoms with Crippen molar-refractivity contribution in [3.8, 4) is 17.2 Å². The van der Waals surface area contributed by atoms with E-state index in [9.17, 15) is 13.2 Å². The van der Waals surface area contributed by atoms with Crippen molar-refractivity contribution in [3.05, 3.63) is 48.5 Å². The van der Waals surface area contributed by atoms with Crippen molar-refractivity contribution >= 4 is 38.4 Å². The lowest BCUT2D eigenvalue weighted by Gasteiger charge is -2.24. The van der Waals surface area contributed by atoms with Crippen LogP contribution in [0.2, 0.25) is 0 Å². The average molecular weight is 447 g/mol. The molecule has 0 spiro atoms. The van der Waals surface area contributed by atoms with Gasteiger partial charge in [0.2, 0.25) is 6.79 Å². The van der Waals surface area contributed by atoms with E-state index in [-0.39, 0.29) is 36.2 Å². The second-order valence-electron chi connectivity index (χ2n) is 7.10. The molecule has 156 valence electrons. The van der Waals surface area contributed by atoms with Crippen molar-refractivity contribution in [1.82, 2.24) is 0 Å². The number of carbonyl (C=O) groups excluding carboxylic acids is 1. The summed E-state index contributed by atoms with van der Waals surface area (Å²) < 4.78 is 40.7. The number of rotatable bonds is 4. The Bertz CT molecular complexity index is 1120. The van der Waals surface area contributed by atoms with E-state index in [4.69, 9.17) is 14.2 Å². The number of benzene rings is 2. The lowest BCUT2D eigenvalue weighted by atomic mass is 10.2. The maximum atomic E-state index is 12.5. The van der Waals surface area contributed by atoms with E-state index in [1.54, 1.807) is 24.3 Å².